The van der Waals surface area contributed by atoms with E-state index in [0.29, 0.717) is 23.9 Å². The summed E-state index contributed by atoms with van der Waals surface area (Å²) >= 11 is 0. The van der Waals surface area contributed by atoms with Crippen molar-refractivity contribution >= 4 is 17.9 Å². The number of carboxylic acid groups (broad SMARTS) is 1. The molecule has 9 heteroatoms. The maximum atomic E-state index is 12.9. The van der Waals surface area contributed by atoms with Crippen LogP contribution in [0.5, 0.6) is 0 Å². The fourth-order valence-corrected chi connectivity index (χ4v) is 9.07. The van der Waals surface area contributed by atoms with Crippen LogP contribution in [0.25, 0.3) is 0 Å². The van der Waals surface area contributed by atoms with Crippen molar-refractivity contribution in [1.29, 1.82) is 0 Å². The van der Waals surface area contributed by atoms with Crippen LogP contribution in [0.15, 0.2) is 72.9 Å². The van der Waals surface area contributed by atoms with E-state index in [0.717, 1.165) is 77.0 Å². The minimum absolute atomic E-state index is 0.147. The average Bonchev–Trinajstić information content (AvgIpc) is 3.40. The van der Waals surface area contributed by atoms with E-state index in [9.17, 15) is 19.5 Å². The number of nitrogens with zero attached hydrogens (tertiary/aromatic N) is 1. The monoisotopic (exact) mass is 1080 g/mol. The van der Waals surface area contributed by atoms with E-state index in [4.69, 9.17) is 18.9 Å². The van der Waals surface area contributed by atoms with Crippen LogP contribution in [-0.2, 0) is 33.3 Å². The molecule has 0 spiro atoms. The second-order valence-corrected chi connectivity index (χ2v) is 22.7. The van der Waals surface area contributed by atoms with Crippen LogP contribution in [0.4, 0.5) is 0 Å². The third-order valence-electron chi connectivity index (χ3n) is 14.0. The van der Waals surface area contributed by atoms with Gasteiger partial charge in [-0.1, -0.05) is 279 Å². The van der Waals surface area contributed by atoms with Gasteiger partial charge in [-0.05, 0) is 64.2 Å². The predicted octanol–water partition coefficient (Wildman–Crippen LogP) is 18.0. The van der Waals surface area contributed by atoms with Crippen molar-refractivity contribution in [3.8, 4) is 0 Å². The van der Waals surface area contributed by atoms with Gasteiger partial charge in [-0.2, -0.15) is 0 Å². The third kappa shape index (κ3) is 60.2. The molecule has 0 aliphatic rings. The van der Waals surface area contributed by atoms with Crippen LogP contribution in [0, 0.1) is 0 Å². The number of unbranched alkanes of at least 4 members (excludes halogenated alkanes) is 32. The number of allylic oxidation sites excluding steroid dienone is 12. The smallest absolute Gasteiger partial charge is 0.306 e. The molecule has 0 radical (unpaired) electrons. The second-order valence-electron chi connectivity index (χ2n) is 22.7. The topological polar surface area (TPSA) is 111 Å². The van der Waals surface area contributed by atoms with Gasteiger partial charge in [-0.15, -0.1) is 0 Å². The van der Waals surface area contributed by atoms with Crippen LogP contribution in [0.2, 0.25) is 0 Å². The van der Waals surface area contributed by atoms with E-state index in [-0.39, 0.29) is 32.2 Å². The third-order valence-corrected chi connectivity index (χ3v) is 14.0. The Kier molecular flexibility index (Phi) is 56.4. The molecule has 0 aliphatic heterocycles. The lowest BCUT2D eigenvalue weighted by Crippen LogP contribution is -2.44. The Morgan fingerprint density at radius 2 is 0.740 bits per heavy atom. The molecule has 0 bridgehead atoms. The maximum absolute atomic E-state index is 12.9. The van der Waals surface area contributed by atoms with Gasteiger partial charge in [0.2, 0.25) is 0 Å². The summed E-state index contributed by atoms with van der Waals surface area (Å²) in [4.78, 5) is 37.4. The highest BCUT2D eigenvalue weighted by Gasteiger charge is 2.22. The molecule has 9 nitrogen and oxygen atoms in total. The maximum Gasteiger partial charge on any atom is 0.306 e. The SMILES string of the molecule is CC/C=C\C/C=C\C/C=C\C/C=C\C/C=C\C/C=C\CCCCCCCCCCCCCCC(=O)OC(COC(=O)CCCCCCCCCCCCCCCCCCCCCCC)COC(OCC[N+](C)(C)C)C(=O)[O-]. The van der Waals surface area contributed by atoms with Gasteiger partial charge in [-0.3, -0.25) is 9.59 Å². The molecule has 0 amide bonds. The number of carboxylic acids is 1. The number of esters is 2. The number of carbonyl (C=O) groups excluding carboxylic acids is 3. The van der Waals surface area contributed by atoms with Gasteiger partial charge in [0.1, 0.15) is 13.2 Å². The van der Waals surface area contributed by atoms with Crippen LogP contribution >= 0.6 is 0 Å². The molecule has 0 saturated heterocycles. The Bertz CT molecular complexity index is 1490. The van der Waals surface area contributed by atoms with E-state index >= 15 is 0 Å². The minimum atomic E-state index is -1.62. The first-order valence-corrected chi connectivity index (χ1v) is 32.1. The van der Waals surface area contributed by atoms with Crippen molar-refractivity contribution in [2.45, 2.75) is 296 Å². The van der Waals surface area contributed by atoms with Crippen molar-refractivity contribution < 1.29 is 42.9 Å². The molecule has 0 fully saturated rings. The summed E-state index contributed by atoms with van der Waals surface area (Å²) in [6, 6.07) is 0. The van der Waals surface area contributed by atoms with Gasteiger partial charge in [0, 0.05) is 12.8 Å². The Balaban J connectivity index is 4.16. The van der Waals surface area contributed by atoms with Crippen molar-refractivity contribution in [2.75, 3.05) is 47.5 Å². The number of hydrogen-bond acceptors (Lipinski definition) is 8. The predicted molar refractivity (Wildman–Crippen MR) is 325 cm³/mol. The fourth-order valence-electron chi connectivity index (χ4n) is 9.07. The molecular formula is C68H121NO8. The Labute approximate surface area is 475 Å². The summed E-state index contributed by atoms with van der Waals surface area (Å²) in [6.45, 7) is 4.67. The van der Waals surface area contributed by atoms with Crippen molar-refractivity contribution in [3.05, 3.63) is 72.9 Å². The molecule has 0 aliphatic carbocycles. The standard InChI is InChI=1S/C68H121NO8/c1-6-8-10-12-14-16-18-20-22-24-26-28-29-30-31-32-33-34-35-36-37-39-41-43-45-47-49-51-53-55-57-59-66(71)77-64(63-76-68(67(72)73)74-61-60-69(3,4)5)62-75-65(70)58-56-54-52-50-48-46-44-42-40-38-27-25-23-21-19-17-15-13-11-9-7-2/h8,10,14,16,20,22,26,28,30-31,33-34,64,68H,6-7,9,11-13,15,17-19,21,23-25,27,29,32,35-63H2,1-5H3/b10-8-,16-14-,22-20-,28-26-,31-30-,34-33-. The zero-order valence-corrected chi connectivity index (χ0v) is 50.8. The average molecular weight is 1080 g/mol. The van der Waals surface area contributed by atoms with Gasteiger partial charge in [-0.25, -0.2) is 0 Å². The number of quaternary nitrogens is 1. The number of ether oxygens (including phenoxy) is 4. The van der Waals surface area contributed by atoms with Crippen molar-refractivity contribution in [2.24, 2.45) is 0 Å². The first-order valence-electron chi connectivity index (χ1n) is 32.1. The van der Waals surface area contributed by atoms with Crippen molar-refractivity contribution in [3.63, 3.8) is 0 Å². The largest absolute Gasteiger partial charge is 0.545 e. The minimum Gasteiger partial charge on any atom is -0.545 e. The lowest BCUT2D eigenvalue weighted by molar-refractivity contribution is -0.870. The zero-order valence-electron chi connectivity index (χ0n) is 50.8. The molecule has 0 N–H and O–H groups in total. The summed E-state index contributed by atoms with van der Waals surface area (Å²) in [5, 5.41) is 11.8. The number of likely N-dealkylation sites (N-methyl/N-ethyl adjacent to an activating group) is 1. The highest BCUT2D eigenvalue weighted by atomic mass is 16.7. The van der Waals surface area contributed by atoms with Gasteiger partial charge >= 0.3 is 11.9 Å². The highest BCUT2D eigenvalue weighted by Crippen LogP contribution is 2.17. The highest BCUT2D eigenvalue weighted by molar-refractivity contribution is 5.70. The molecule has 0 rings (SSSR count). The molecule has 77 heavy (non-hydrogen) atoms. The van der Waals surface area contributed by atoms with Crippen LogP contribution in [0.1, 0.15) is 284 Å². The van der Waals surface area contributed by atoms with Gasteiger partial charge in [0.25, 0.3) is 0 Å². The summed E-state index contributed by atoms with van der Waals surface area (Å²) < 4.78 is 22.8. The summed E-state index contributed by atoms with van der Waals surface area (Å²) in [6.07, 6.45) is 73.9. The molecule has 0 aromatic rings. The van der Waals surface area contributed by atoms with E-state index in [1.165, 1.54) is 173 Å². The molecule has 0 aromatic carbocycles. The van der Waals surface area contributed by atoms with E-state index in [2.05, 4.69) is 86.8 Å². The first kappa shape index (κ1) is 73.7. The normalized spacial score (nSPS) is 13.2. The lowest BCUT2D eigenvalue weighted by atomic mass is 10.0. The summed E-state index contributed by atoms with van der Waals surface area (Å²) in [5.74, 6) is -2.27. The van der Waals surface area contributed by atoms with E-state index in [1.807, 2.05) is 21.1 Å². The molecule has 0 heterocycles. The lowest BCUT2D eigenvalue weighted by Gasteiger charge is -2.26. The number of hydrogen-bond donors (Lipinski definition) is 0. The molecule has 446 valence electrons. The molecule has 2 atom stereocenters. The molecular weight excluding hydrogens is 959 g/mol. The molecule has 2 unspecified atom stereocenters. The second kappa shape index (κ2) is 58.9. The van der Waals surface area contributed by atoms with E-state index < -0.39 is 24.3 Å². The Morgan fingerprint density at radius 1 is 0.403 bits per heavy atom. The van der Waals surface area contributed by atoms with Gasteiger partial charge < -0.3 is 33.3 Å². The first-order chi connectivity index (χ1) is 37.6. The molecule has 0 aromatic heterocycles. The number of carbonyl (C=O) groups is 3. The zero-order chi connectivity index (χ0) is 56.2. The Hall–Kier alpha value is -3.27. The van der Waals surface area contributed by atoms with Gasteiger partial charge in [0.05, 0.1) is 40.3 Å². The Morgan fingerprint density at radius 3 is 1.10 bits per heavy atom. The fraction of sp³-hybridized carbons (Fsp3) is 0.779. The van der Waals surface area contributed by atoms with Crippen LogP contribution < -0.4 is 5.11 Å². The quantitative estimate of drug-likeness (QED) is 0.0195. The van der Waals surface area contributed by atoms with Crippen LogP contribution in [0.3, 0.4) is 0 Å². The van der Waals surface area contributed by atoms with Crippen LogP contribution in [-0.4, -0.2) is 82.3 Å². The van der Waals surface area contributed by atoms with E-state index in [1.54, 1.807) is 0 Å². The summed E-state index contributed by atoms with van der Waals surface area (Å²) in [5.41, 5.74) is 0. The van der Waals surface area contributed by atoms with Gasteiger partial charge in [0.15, 0.2) is 12.4 Å². The number of rotatable bonds is 59. The van der Waals surface area contributed by atoms with Crippen molar-refractivity contribution in [1.82, 2.24) is 0 Å². The summed E-state index contributed by atoms with van der Waals surface area (Å²) in [7, 11) is 5.93. The molecule has 0 saturated carbocycles. The number of aliphatic carboxylic acids is 1.